The van der Waals surface area contributed by atoms with Gasteiger partial charge >= 0.3 is 0 Å². The van der Waals surface area contributed by atoms with Crippen LogP contribution in [0.4, 0.5) is 0 Å². The molecule has 2 atom stereocenters. The summed E-state index contributed by atoms with van der Waals surface area (Å²) in [5.74, 6) is 1.92. The van der Waals surface area contributed by atoms with Crippen molar-refractivity contribution in [3.05, 3.63) is 18.2 Å². The SMILES string of the molecule is CC12CC3CC(C1)CC(C(=O)NCCc1cnc[nH]1)(C3)C2. The summed E-state index contributed by atoms with van der Waals surface area (Å²) in [5, 5.41) is 3.21. The Kier molecular flexibility index (Phi) is 2.92. The van der Waals surface area contributed by atoms with Crippen molar-refractivity contribution in [1.29, 1.82) is 0 Å². The van der Waals surface area contributed by atoms with Crippen LogP contribution in [0.15, 0.2) is 12.5 Å². The zero-order valence-corrected chi connectivity index (χ0v) is 12.8. The molecule has 4 aliphatic carbocycles. The standard InChI is InChI=1S/C17H25N3O/c1-16-5-12-4-13(6-16)8-17(7-12,10-16)15(21)19-3-2-14-9-18-11-20-14/h9,11-13H,2-8,10H2,1H3,(H,18,20)(H,19,21). The van der Waals surface area contributed by atoms with Crippen LogP contribution in [-0.4, -0.2) is 22.4 Å². The number of imidazole rings is 1. The lowest BCUT2D eigenvalue weighted by Gasteiger charge is -2.60. The second-order valence-electron chi connectivity index (χ2n) is 8.13. The molecule has 2 N–H and O–H groups in total. The van der Waals surface area contributed by atoms with Gasteiger partial charge in [0.15, 0.2) is 0 Å². The van der Waals surface area contributed by atoms with Crippen molar-refractivity contribution >= 4 is 5.91 Å². The Balaban J connectivity index is 1.42. The Morgan fingerprint density at radius 3 is 2.76 bits per heavy atom. The number of carbonyl (C=O) groups is 1. The number of amides is 1. The minimum Gasteiger partial charge on any atom is -0.355 e. The summed E-state index contributed by atoms with van der Waals surface area (Å²) in [6, 6.07) is 0. The first-order valence-corrected chi connectivity index (χ1v) is 8.33. The molecule has 1 amide bonds. The predicted molar refractivity (Wildman–Crippen MR) is 80.5 cm³/mol. The van der Waals surface area contributed by atoms with Crippen molar-refractivity contribution in [2.45, 2.75) is 51.9 Å². The van der Waals surface area contributed by atoms with Gasteiger partial charge < -0.3 is 10.3 Å². The number of aromatic amines is 1. The summed E-state index contributed by atoms with van der Waals surface area (Å²) >= 11 is 0. The molecule has 0 aliphatic heterocycles. The van der Waals surface area contributed by atoms with Crippen LogP contribution in [0.1, 0.15) is 51.1 Å². The topological polar surface area (TPSA) is 57.8 Å². The molecule has 1 heterocycles. The van der Waals surface area contributed by atoms with E-state index in [1.54, 1.807) is 6.33 Å². The van der Waals surface area contributed by atoms with E-state index >= 15 is 0 Å². The van der Waals surface area contributed by atoms with Crippen molar-refractivity contribution < 1.29 is 4.79 Å². The maximum atomic E-state index is 12.8. The highest BCUT2D eigenvalue weighted by molar-refractivity contribution is 5.83. The van der Waals surface area contributed by atoms with Crippen molar-refractivity contribution in [3.8, 4) is 0 Å². The van der Waals surface area contributed by atoms with E-state index < -0.39 is 0 Å². The lowest BCUT2D eigenvalue weighted by atomic mass is 9.44. The van der Waals surface area contributed by atoms with Crippen molar-refractivity contribution in [2.75, 3.05) is 6.54 Å². The second kappa shape index (κ2) is 4.59. The fraction of sp³-hybridized carbons (Fsp3) is 0.765. The maximum Gasteiger partial charge on any atom is 0.226 e. The van der Waals surface area contributed by atoms with Gasteiger partial charge in [-0.1, -0.05) is 6.92 Å². The molecular formula is C17H25N3O. The van der Waals surface area contributed by atoms with Gasteiger partial charge in [-0.2, -0.15) is 0 Å². The first-order valence-electron chi connectivity index (χ1n) is 8.33. The summed E-state index contributed by atoms with van der Waals surface area (Å²) in [6.07, 6.45) is 11.8. The first-order chi connectivity index (χ1) is 10.1. The molecule has 21 heavy (non-hydrogen) atoms. The molecule has 1 aromatic rings. The molecule has 4 saturated carbocycles. The van der Waals surface area contributed by atoms with Crippen LogP contribution < -0.4 is 5.32 Å². The highest BCUT2D eigenvalue weighted by Gasteiger charge is 2.58. The van der Waals surface area contributed by atoms with Gasteiger partial charge in [0.05, 0.1) is 11.7 Å². The van der Waals surface area contributed by atoms with Gasteiger partial charge in [-0.3, -0.25) is 4.79 Å². The molecule has 4 fully saturated rings. The third-order valence-electron chi connectivity index (χ3n) is 6.07. The maximum absolute atomic E-state index is 12.8. The monoisotopic (exact) mass is 287 g/mol. The Hall–Kier alpha value is -1.32. The fourth-order valence-electron chi connectivity index (χ4n) is 5.91. The molecule has 114 valence electrons. The quantitative estimate of drug-likeness (QED) is 0.894. The molecule has 0 spiro atoms. The number of aromatic nitrogens is 2. The molecule has 0 aromatic carbocycles. The van der Waals surface area contributed by atoms with E-state index in [4.69, 9.17) is 0 Å². The molecule has 4 bridgehead atoms. The Morgan fingerprint density at radius 2 is 2.14 bits per heavy atom. The smallest absolute Gasteiger partial charge is 0.226 e. The van der Waals surface area contributed by atoms with E-state index in [-0.39, 0.29) is 5.41 Å². The summed E-state index contributed by atoms with van der Waals surface area (Å²) in [6.45, 7) is 3.13. The normalized spacial score (nSPS) is 40.4. The molecule has 0 saturated heterocycles. The van der Waals surface area contributed by atoms with Gasteiger partial charge in [-0.15, -0.1) is 0 Å². The van der Waals surface area contributed by atoms with Crippen LogP contribution in [-0.2, 0) is 11.2 Å². The summed E-state index contributed by atoms with van der Waals surface area (Å²) in [7, 11) is 0. The number of nitrogens with one attached hydrogen (secondary N) is 2. The predicted octanol–water partition coefficient (Wildman–Crippen LogP) is 2.67. The second-order valence-corrected chi connectivity index (χ2v) is 8.13. The molecule has 1 aromatic heterocycles. The van der Waals surface area contributed by atoms with Gasteiger partial charge in [-0.25, -0.2) is 4.98 Å². The van der Waals surface area contributed by atoms with Crippen LogP contribution in [0.25, 0.3) is 0 Å². The molecule has 0 radical (unpaired) electrons. The Labute approximate surface area is 126 Å². The molecule has 4 heteroatoms. The molecule has 5 rings (SSSR count). The third-order valence-corrected chi connectivity index (χ3v) is 6.07. The van der Waals surface area contributed by atoms with Crippen LogP contribution in [0, 0.1) is 22.7 Å². The van der Waals surface area contributed by atoms with Crippen LogP contribution >= 0.6 is 0 Å². The van der Waals surface area contributed by atoms with Crippen molar-refractivity contribution in [3.63, 3.8) is 0 Å². The Morgan fingerprint density at radius 1 is 1.38 bits per heavy atom. The number of hydrogen-bond donors (Lipinski definition) is 2. The van der Waals surface area contributed by atoms with Crippen molar-refractivity contribution in [2.24, 2.45) is 22.7 Å². The van der Waals surface area contributed by atoms with Gasteiger partial charge in [0.2, 0.25) is 5.91 Å². The summed E-state index contributed by atoms with van der Waals surface area (Å²) in [5.41, 5.74) is 1.48. The lowest BCUT2D eigenvalue weighted by Crippen LogP contribution is -2.56. The number of rotatable bonds is 4. The zero-order valence-electron chi connectivity index (χ0n) is 12.8. The molecule has 4 aliphatic rings. The van der Waals surface area contributed by atoms with Gasteiger partial charge in [0.25, 0.3) is 0 Å². The minimum atomic E-state index is -0.0488. The molecule has 4 nitrogen and oxygen atoms in total. The lowest BCUT2D eigenvalue weighted by molar-refractivity contribution is -0.155. The third kappa shape index (κ3) is 2.29. The number of nitrogens with zero attached hydrogens (tertiary/aromatic N) is 1. The van der Waals surface area contributed by atoms with Crippen LogP contribution in [0.5, 0.6) is 0 Å². The summed E-state index contributed by atoms with van der Waals surface area (Å²) < 4.78 is 0. The number of H-pyrrole nitrogens is 1. The van der Waals surface area contributed by atoms with E-state index in [0.29, 0.717) is 11.3 Å². The van der Waals surface area contributed by atoms with E-state index in [1.165, 1.54) is 19.3 Å². The molecular weight excluding hydrogens is 262 g/mol. The number of hydrogen-bond acceptors (Lipinski definition) is 2. The van der Waals surface area contributed by atoms with E-state index in [0.717, 1.165) is 49.8 Å². The van der Waals surface area contributed by atoms with E-state index in [9.17, 15) is 4.79 Å². The van der Waals surface area contributed by atoms with Gasteiger partial charge in [0, 0.05) is 24.9 Å². The average Bonchev–Trinajstić information content (AvgIpc) is 2.88. The number of carbonyl (C=O) groups excluding carboxylic acids is 1. The van der Waals surface area contributed by atoms with Crippen LogP contribution in [0.3, 0.4) is 0 Å². The Bertz CT molecular complexity index is 522. The van der Waals surface area contributed by atoms with E-state index in [2.05, 4.69) is 22.2 Å². The molecule has 2 unspecified atom stereocenters. The first kappa shape index (κ1) is 13.4. The van der Waals surface area contributed by atoms with Crippen molar-refractivity contribution in [1.82, 2.24) is 15.3 Å². The largest absolute Gasteiger partial charge is 0.355 e. The van der Waals surface area contributed by atoms with Gasteiger partial charge in [0.1, 0.15) is 0 Å². The highest BCUT2D eigenvalue weighted by atomic mass is 16.2. The van der Waals surface area contributed by atoms with Gasteiger partial charge in [-0.05, 0) is 55.8 Å². The average molecular weight is 287 g/mol. The fourth-order valence-corrected chi connectivity index (χ4v) is 5.91. The van der Waals surface area contributed by atoms with Crippen LogP contribution in [0.2, 0.25) is 0 Å². The summed E-state index contributed by atoms with van der Waals surface area (Å²) in [4.78, 5) is 19.9. The zero-order chi connectivity index (χ0) is 14.5. The minimum absolute atomic E-state index is 0.0488. The highest BCUT2D eigenvalue weighted by Crippen LogP contribution is 2.65. The van der Waals surface area contributed by atoms with E-state index in [1.807, 2.05) is 6.20 Å².